The Morgan fingerprint density at radius 1 is 1.61 bits per heavy atom. The summed E-state index contributed by atoms with van der Waals surface area (Å²) in [6.45, 7) is 3.91. The van der Waals surface area contributed by atoms with Gasteiger partial charge in [0, 0.05) is 18.9 Å². The third kappa shape index (κ3) is 3.07. The zero-order chi connectivity index (χ0) is 13.1. The van der Waals surface area contributed by atoms with Crippen LogP contribution in [-0.4, -0.2) is 33.0 Å². The number of carbonyl (C=O) groups excluding carboxylic acids is 1. The highest BCUT2D eigenvalue weighted by Crippen LogP contribution is 2.08. The molecule has 0 aliphatic rings. The zero-order valence-corrected chi connectivity index (χ0v) is 10.6. The van der Waals surface area contributed by atoms with Crippen molar-refractivity contribution in [3.63, 3.8) is 0 Å². The Morgan fingerprint density at radius 2 is 2.39 bits per heavy atom. The molecular weight excluding hydrogens is 230 g/mol. The molecule has 0 saturated heterocycles. The zero-order valence-electron chi connectivity index (χ0n) is 10.6. The smallest absolute Gasteiger partial charge is 0.226 e. The number of amides is 1. The number of aromatic nitrogens is 2. The molecule has 2 aromatic heterocycles. The Kier molecular flexibility index (Phi) is 3.62. The van der Waals surface area contributed by atoms with Crippen LogP contribution in [0, 0.1) is 6.92 Å². The van der Waals surface area contributed by atoms with Gasteiger partial charge in [-0.15, -0.1) is 0 Å². The highest BCUT2D eigenvalue weighted by molar-refractivity contribution is 5.78. The number of pyridine rings is 1. The van der Waals surface area contributed by atoms with E-state index >= 15 is 0 Å². The molecule has 0 aromatic carbocycles. The van der Waals surface area contributed by atoms with Gasteiger partial charge in [-0.25, -0.2) is 4.98 Å². The van der Waals surface area contributed by atoms with E-state index in [0.717, 1.165) is 16.9 Å². The molecule has 2 heterocycles. The fourth-order valence-corrected chi connectivity index (χ4v) is 1.71. The minimum Gasteiger partial charge on any atom is -0.392 e. The molecule has 0 saturated carbocycles. The first-order valence-electron chi connectivity index (χ1n) is 5.93. The average molecular weight is 247 g/mol. The summed E-state index contributed by atoms with van der Waals surface area (Å²) in [5.41, 5.74) is 2.70. The van der Waals surface area contributed by atoms with Gasteiger partial charge >= 0.3 is 0 Å². The third-order valence-electron chi connectivity index (χ3n) is 2.60. The van der Waals surface area contributed by atoms with Crippen LogP contribution in [0.15, 0.2) is 24.5 Å². The summed E-state index contributed by atoms with van der Waals surface area (Å²) in [4.78, 5) is 16.0. The predicted octanol–water partition coefficient (Wildman–Crippen LogP) is 0.682. The van der Waals surface area contributed by atoms with Crippen LogP contribution < -0.4 is 5.32 Å². The molecule has 1 amide bonds. The monoisotopic (exact) mass is 247 g/mol. The van der Waals surface area contributed by atoms with Gasteiger partial charge in [-0.2, -0.15) is 0 Å². The number of aryl methyl sites for hydroxylation is 1. The maximum atomic E-state index is 11.6. The van der Waals surface area contributed by atoms with Crippen LogP contribution in [0.5, 0.6) is 0 Å². The van der Waals surface area contributed by atoms with Gasteiger partial charge in [0.1, 0.15) is 5.65 Å². The molecule has 2 rings (SSSR count). The summed E-state index contributed by atoms with van der Waals surface area (Å²) in [7, 11) is 0. The van der Waals surface area contributed by atoms with Crippen LogP contribution in [0.3, 0.4) is 0 Å². The first-order chi connectivity index (χ1) is 8.54. The van der Waals surface area contributed by atoms with Crippen molar-refractivity contribution >= 4 is 11.6 Å². The fourth-order valence-electron chi connectivity index (χ4n) is 1.71. The minimum atomic E-state index is -0.530. The topological polar surface area (TPSA) is 66.6 Å². The molecule has 0 bridgehead atoms. The highest BCUT2D eigenvalue weighted by Gasteiger charge is 2.08. The Labute approximate surface area is 105 Å². The number of imidazole rings is 1. The van der Waals surface area contributed by atoms with E-state index in [2.05, 4.69) is 10.3 Å². The number of hydrogen-bond acceptors (Lipinski definition) is 3. The van der Waals surface area contributed by atoms with E-state index in [9.17, 15) is 4.79 Å². The predicted molar refractivity (Wildman–Crippen MR) is 68.3 cm³/mol. The van der Waals surface area contributed by atoms with Gasteiger partial charge in [0.2, 0.25) is 5.91 Å². The second kappa shape index (κ2) is 5.18. The maximum absolute atomic E-state index is 11.6. The molecule has 2 aromatic rings. The van der Waals surface area contributed by atoms with Gasteiger partial charge < -0.3 is 14.8 Å². The summed E-state index contributed by atoms with van der Waals surface area (Å²) in [5, 5.41) is 11.7. The first-order valence-corrected chi connectivity index (χ1v) is 5.93. The number of aliphatic hydroxyl groups excluding tert-OH is 1. The van der Waals surface area contributed by atoms with E-state index in [0.29, 0.717) is 0 Å². The average Bonchev–Trinajstić information content (AvgIpc) is 2.67. The Morgan fingerprint density at radius 3 is 3.11 bits per heavy atom. The highest BCUT2D eigenvalue weighted by atomic mass is 16.3. The van der Waals surface area contributed by atoms with Crippen LogP contribution in [0.1, 0.15) is 18.2 Å². The summed E-state index contributed by atoms with van der Waals surface area (Å²) in [6.07, 6.45) is 3.47. The normalized spacial score (nSPS) is 12.6. The molecule has 2 N–H and O–H groups in total. The van der Waals surface area contributed by atoms with Crippen LogP contribution in [0.4, 0.5) is 0 Å². The number of rotatable bonds is 4. The quantitative estimate of drug-likeness (QED) is 0.835. The standard InChI is InChI=1S/C13H17N3O2/c1-9-3-4-16-8-11(15-12(16)5-9)6-13(18)14-7-10(2)17/h3-5,8,10,17H,6-7H2,1-2H3,(H,14,18). The Balaban J connectivity index is 2.05. The van der Waals surface area contributed by atoms with Crippen LogP contribution >= 0.6 is 0 Å². The largest absolute Gasteiger partial charge is 0.392 e. The molecule has 1 atom stereocenters. The number of aliphatic hydroxyl groups is 1. The molecule has 0 aliphatic carbocycles. The molecule has 0 spiro atoms. The number of fused-ring (bicyclic) bond motifs is 1. The van der Waals surface area contributed by atoms with Gasteiger partial charge in [-0.05, 0) is 31.5 Å². The van der Waals surface area contributed by atoms with Crippen molar-refractivity contribution < 1.29 is 9.90 Å². The lowest BCUT2D eigenvalue weighted by atomic mass is 10.3. The number of nitrogens with one attached hydrogen (secondary N) is 1. The molecule has 5 heteroatoms. The van der Waals surface area contributed by atoms with Crippen LogP contribution in [0.25, 0.3) is 5.65 Å². The van der Waals surface area contributed by atoms with E-state index < -0.39 is 6.10 Å². The maximum Gasteiger partial charge on any atom is 0.226 e. The van der Waals surface area contributed by atoms with Crippen molar-refractivity contribution in [3.05, 3.63) is 35.8 Å². The summed E-state index contributed by atoms with van der Waals surface area (Å²) in [6, 6.07) is 3.96. The summed E-state index contributed by atoms with van der Waals surface area (Å²) in [5.74, 6) is -0.129. The van der Waals surface area contributed by atoms with Crippen molar-refractivity contribution in [1.82, 2.24) is 14.7 Å². The van der Waals surface area contributed by atoms with Crippen LogP contribution in [-0.2, 0) is 11.2 Å². The number of nitrogens with zero attached hydrogens (tertiary/aromatic N) is 2. The van der Waals surface area contributed by atoms with Gasteiger partial charge in [-0.3, -0.25) is 4.79 Å². The van der Waals surface area contributed by atoms with Gasteiger partial charge in [0.15, 0.2) is 0 Å². The molecule has 1 unspecified atom stereocenters. The number of hydrogen-bond donors (Lipinski definition) is 2. The lowest BCUT2D eigenvalue weighted by Gasteiger charge is -2.05. The van der Waals surface area contributed by atoms with E-state index in [1.165, 1.54) is 0 Å². The molecule has 5 nitrogen and oxygen atoms in total. The second-order valence-corrected chi connectivity index (χ2v) is 4.53. The second-order valence-electron chi connectivity index (χ2n) is 4.53. The lowest BCUT2D eigenvalue weighted by Crippen LogP contribution is -2.31. The SMILES string of the molecule is Cc1ccn2cc(CC(=O)NCC(C)O)nc2c1. The molecule has 96 valence electrons. The summed E-state index contributed by atoms with van der Waals surface area (Å²) < 4.78 is 1.89. The minimum absolute atomic E-state index is 0.129. The van der Waals surface area contributed by atoms with Crippen molar-refractivity contribution in [3.8, 4) is 0 Å². The molecule has 0 radical (unpaired) electrons. The van der Waals surface area contributed by atoms with Crippen molar-refractivity contribution in [2.45, 2.75) is 26.4 Å². The van der Waals surface area contributed by atoms with Gasteiger partial charge in [0.25, 0.3) is 0 Å². The number of carbonyl (C=O) groups is 1. The van der Waals surface area contributed by atoms with E-state index in [1.807, 2.05) is 35.9 Å². The molecular formula is C13H17N3O2. The first kappa shape index (κ1) is 12.6. The lowest BCUT2D eigenvalue weighted by molar-refractivity contribution is -0.120. The summed E-state index contributed by atoms with van der Waals surface area (Å²) >= 11 is 0. The van der Waals surface area contributed by atoms with Crippen molar-refractivity contribution in [1.29, 1.82) is 0 Å². The third-order valence-corrected chi connectivity index (χ3v) is 2.60. The van der Waals surface area contributed by atoms with E-state index in [4.69, 9.17) is 5.11 Å². The van der Waals surface area contributed by atoms with Crippen molar-refractivity contribution in [2.24, 2.45) is 0 Å². The van der Waals surface area contributed by atoms with Crippen LogP contribution in [0.2, 0.25) is 0 Å². The van der Waals surface area contributed by atoms with Gasteiger partial charge in [0.05, 0.1) is 18.2 Å². The van der Waals surface area contributed by atoms with E-state index in [-0.39, 0.29) is 18.9 Å². The molecule has 18 heavy (non-hydrogen) atoms. The van der Waals surface area contributed by atoms with Gasteiger partial charge in [-0.1, -0.05) is 0 Å². The Bertz CT molecular complexity index is 560. The fraction of sp³-hybridized carbons (Fsp3) is 0.385. The van der Waals surface area contributed by atoms with Crippen molar-refractivity contribution in [2.75, 3.05) is 6.54 Å². The van der Waals surface area contributed by atoms with E-state index in [1.54, 1.807) is 6.92 Å². The molecule has 0 fully saturated rings. The molecule has 0 aliphatic heterocycles. The Hall–Kier alpha value is -1.88.